The van der Waals surface area contributed by atoms with Crippen LogP contribution in [0.5, 0.6) is 0 Å². The number of fused-ring (bicyclic) bond motifs is 13. The van der Waals surface area contributed by atoms with E-state index in [1.165, 1.54) is 0 Å². The number of carbonyl (C=O) groups is 2. The summed E-state index contributed by atoms with van der Waals surface area (Å²) in [5, 5.41) is 7.17. The van der Waals surface area contributed by atoms with Crippen molar-refractivity contribution in [3.05, 3.63) is 95.6 Å². The summed E-state index contributed by atoms with van der Waals surface area (Å²) in [5.41, 5.74) is 5.59. The number of para-hydroxylation sites is 2. The van der Waals surface area contributed by atoms with E-state index < -0.39 is 24.2 Å². The average molecular weight is 601 g/mol. The first-order valence-corrected chi connectivity index (χ1v) is 15.4. The fraction of sp³-hybridized carbons (Fsp3) is 0.278. The number of rotatable bonds is 4. The van der Waals surface area contributed by atoms with E-state index in [0.717, 1.165) is 60.3 Å². The van der Waals surface area contributed by atoms with Crippen molar-refractivity contribution < 1.29 is 23.8 Å². The van der Waals surface area contributed by atoms with Crippen LogP contribution < -0.4 is 5.32 Å². The van der Waals surface area contributed by atoms with Gasteiger partial charge in [0.05, 0.1) is 33.7 Å². The van der Waals surface area contributed by atoms with Crippen molar-refractivity contribution in [2.75, 3.05) is 14.2 Å². The van der Waals surface area contributed by atoms with Crippen LogP contribution in [0.4, 0.5) is 4.79 Å². The molecule has 2 bridgehead atoms. The summed E-state index contributed by atoms with van der Waals surface area (Å²) in [7, 11) is 3.46. The van der Waals surface area contributed by atoms with E-state index >= 15 is 0 Å². The molecule has 1 fully saturated rings. The molecule has 4 aromatic carbocycles. The highest BCUT2D eigenvalue weighted by atomic mass is 16.6. The largest absolute Gasteiger partial charge is 0.445 e. The predicted octanol–water partition coefficient (Wildman–Crippen LogP) is 6.40. The van der Waals surface area contributed by atoms with Crippen LogP contribution in [0.1, 0.15) is 41.1 Å². The molecule has 0 unspecified atom stereocenters. The van der Waals surface area contributed by atoms with E-state index in [-0.39, 0.29) is 18.6 Å². The summed E-state index contributed by atoms with van der Waals surface area (Å²) in [5.74, 6) is -0.0560. The van der Waals surface area contributed by atoms with Gasteiger partial charge in [-0.15, -0.1) is 0 Å². The second-order valence-electron chi connectivity index (χ2n) is 12.5. The molecule has 0 spiro atoms. The summed E-state index contributed by atoms with van der Waals surface area (Å²) in [4.78, 5) is 28.9. The molecule has 2 amide bonds. The monoisotopic (exact) mass is 600 g/mol. The van der Waals surface area contributed by atoms with Gasteiger partial charge in [-0.2, -0.15) is 0 Å². The van der Waals surface area contributed by atoms with E-state index in [9.17, 15) is 9.59 Å². The Kier molecular flexibility index (Phi) is 5.50. The Bertz CT molecular complexity index is 2220. The molecule has 5 heterocycles. The summed E-state index contributed by atoms with van der Waals surface area (Å²) in [6.07, 6.45) is -0.957. The van der Waals surface area contributed by atoms with Gasteiger partial charge in [-0.25, -0.2) is 4.79 Å². The molecule has 1 N–H and O–H groups in total. The van der Waals surface area contributed by atoms with Gasteiger partial charge in [0.1, 0.15) is 18.9 Å². The molecule has 6 aromatic rings. The van der Waals surface area contributed by atoms with Gasteiger partial charge < -0.3 is 33.6 Å². The number of hydrogen-bond donors (Lipinski definition) is 1. The lowest BCUT2D eigenvalue weighted by molar-refractivity contribution is -0.265. The van der Waals surface area contributed by atoms with E-state index in [1.807, 2.05) is 54.6 Å². The molecule has 0 aliphatic carbocycles. The number of nitrogens with one attached hydrogen (secondary N) is 1. The Hall–Kier alpha value is -4.86. The molecular formula is C36H32N4O5. The summed E-state index contributed by atoms with van der Waals surface area (Å²) in [6.45, 7) is 2.70. The SMILES string of the molecule is CO[C@H]1[C@@H](N(C)C(=O)OCc2ccccc2)C[C@@H]2O[C@@]1(C)n1c3ccccc3c3c4c(c5c6ccccc6n2c5c31)C(=O)NC4. The molecule has 1 saturated heterocycles. The normalized spacial score (nSPS) is 23.5. The van der Waals surface area contributed by atoms with Gasteiger partial charge in [0.2, 0.25) is 0 Å². The lowest BCUT2D eigenvalue weighted by atomic mass is 9.92. The lowest BCUT2D eigenvalue weighted by Crippen LogP contribution is -2.61. The molecule has 2 aromatic heterocycles. The van der Waals surface area contributed by atoms with Crippen LogP contribution in [0.3, 0.4) is 0 Å². The Balaban J connectivity index is 1.32. The van der Waals surface area contributed by atoms with Gasteiger partial charge >= 0.3 is 6.09 Å². The molecule has 226 valence electrons. The number of nitrogens with zero attached hydrogens (tertiary/aromatic N) is 3. The molecule has 0 radical (unpaired) electrons. The van der Waals surface area contributed by atoms with Gasteiger partial charge in [-0.3, -0.25) is 4.79 Å². The molecule has 3 aliphatic heterocycles. The molecule has 9 nitrogen and oxygen atoms in total. The van der Waals surface area contributed by atoms with Crippen molar-refractivity contribution in [3.63, 3.8) is 0 Å². The third-order valence-corrected chi connectivity index (χ3v) is 10.2. The molecule has 9 heteroatoms. The lowest BCUT2D eigenvalue weighted by Gasteiger charge is -2.50. The van der Waals surface area contributed by atoms with Crippen LogP contribution in [0.25, 0.3) is 43.6 Å². The summed E-state index contributed by atoms with van der Waals surface area (Å²) in [6, 6.07) is 25.8. The van der Waals surface area contributed by atoms with Crippen LogP contribution in [-0.4, -0.2) is 52.3 Å². The number of carbonyl (C=O) groups excluding carboxylic acids is 2. The van der Waals surface area contributed by atoms with Crippen molar-refractivity contribution in [2.45, 2.75) is 50.6 Å². The maximum absolute atomic E-state index is 13.6. The van der Waals surface area contributed by atoms with Crippen molar-refractivity contribution >= 4 is 55.6 Å². The zero-order valence-corrected chi connectivity index (χ0v) is 25.2. The quantitative estimate of drug-likeness (QED) is 0.253. The number of amides is 2. The molecule has 4 atom stereocenters. The second kappa shape index (κ2) is 9.32. The number of hydrogen-bond acceptors (Lipinski definition) is 5. The first-order valence-electron chi connectivity index (χ1n) is 15.4. The fourth-order valence-corrected chi connectivity index (χ4v) is 8.35. The number of ether oxygens (including phenoxy) is 3. The maximum atomic E-state index is 13.6. The van der Waals surface area contributed by atoms with Gasteiger partial charge in [-0.05, 0) is 30.2 Å². The number of methoxy groups -OCH3 is 1. The Morgan fingerprint density at radius 3 is 2.42 bits per heavy atom. The first-order chi connectivity index (χ1) is 21.9. The first kappa shape index (κ1) is 26.5. The number of likely N-dealkylation sites (N-methyl/N-ethyl adjacent to an activating group) is 1. The molecular weight excluding hydrogens is 568 g/mol. The van der Waals surface area contributed by atoms with Gasteiger partial charge in [0.25, 0.3) is 5.91 Å². The van der Waals surface area contributed by atoms with Crippen LogP contribution >= 0.6 is 0 Å². The van der Waals surface area contributed by atoms with Crippen molar-refractivity contribution in [1.82, 2.24) is 19.4 Å². The van der Waals surface area contributed by atoms with Crippen molar-refractivity contribution in [3.8, 4) is 0 Å². The van der Waals surface area contributed by atoms with Crippen molar-refractivity contribution in [2.24, 2.45) is 0 Å². The van der Waals surface area contributed by atoms with Gasteiger partial charge in [0, 0.05) is 48.7 Å². The van der Waals surface area contributed by atoms with E-state index in [1.54, 1.807) is 19.1 Å². The molecule has 45 heavy (non-hydrogen) atoms. The van der Waals surface area contributed by atoms with Gasteiger partial charge in [0.15, 0.2) is 5.72 Å². The second-order valence-corrected chi connectivity index (χ2v) is 12.5. The minimum absolute atomic E-state index is 0.0560. The van der Waals surface area contributed by atoms with Crippen molar-refractivity contribution in [1.29, 1.82) is 0 Å². The summed E-state index contributed by atoms with van der Waals surface area (Å²) < 4.78 is 23.9. The van der Waals surface area contributed by atoms with E-state index in [2.05, 4.69) is 45.6 Å². The topological polar surface area (TPSA) is 87.0 Å². The summed E-state index contributed by atoms with van der Waals surface area (Å²) >= 11 is 0. The van der Waals surface area contributed by atoms with Crippen LogP contribution in [0.2, 0.25) is 0 Å². The van der Waals surface area contributed by atoms with Crippen LogP contribution in [0.15, 0.2) is 78.9 Å². The number of aromatic nitrogens is 2. The minimum atomic E-state index is -1.02. The van der Waals surface area contributed by atoms with Crippen LogP contribution in [0, 0.1) is 0 Å². The standard InChI is InChI=1S/C36H32N4O5/c1-36-33(43-3)26(38(2)35(42)44-19-20-11-5-4-6-12-20)17-27(45-36)39-24-15-9-7-13-21(24)29-30-23(18-37-34(30)41)28-22-14-8-10-16-25(22)40(36)32(28)31(29)39/h4-16,26-27,33H,17-19H2,1-3H3,(H,37,41)/t26-,27-,33-,36+/m0/s1. The van der Waals surface area contributed by atoms with E-state index in [0.29, 0.717) is 13.0 Å². The zero-order valence-electron chi connectivity index (χ0n) is 25.2. The Morgan fingerprint density at radius 1 is 0.978 bits per heavy atom. The number of benzene rings is 4. The highest BCUT2D eigenvalue weighted by molar-refractivity contribution is 6.31. The average Bonchev–Trinajstić information content (AvgIpc) is 3.71. The highest BCUT2D eigenvalue weighted by Gasteiger charge is 2.55. The highest BCUT2D eigenvalue weighted by Crippen LogP contribution is 2.54. The predicted molar refractivity (Wildman–Crippen MR) is 171 cm³/mol. The third-order valence-electron chi connectivity index (χ3n) is 10.2. The molecule has 3 aliphatic rings. The minimum Gasteiger partial charge on any atom is -0.445 e. The van der Waals surface area contributed by atoms with E-state index in [4.69, 9.17) is 14.2 Å². The fourth-order valence-electron chi connectivity index (χ4n) is 8.35. The zero-order chi connectivity index (χ0) is 30.6. The molecule has 9 rings (SSSR count). The smallest absolute Gasteiger partial charge is 0.410 e. The Morgan fingerprint density at radius 2 is 1.67 bits per heavy atom. The van der Waals surface area contributed by atoms with Gasteiger partial charge in [-0.1, -0.05) is 66.7 Å². The third kappa shape index (κ3) is 3.39. The maximum Gasteiger partial charge on any atom is 0.410 e. The molecule has 0 saturated carbocycles. The van der Waals surface area contributed by atoms with Crippen LogP contribution in [-0.2, 0) is 33.1 Å². The Labute approximate surface area is 258 Å².